The number of hydrogen-bond acceptors (Lipinski definition) is 5. The Morgan fingerprint density at radius 2 is 0.870 bits per heavy atom. The van der Waals surface area contributed by atoms with E-state index in [-0.39, 0.29) is 25.2 Å². The molecule has 0 spiro atoms. The molecule has 0 heterocycles. The van der Waals surface area contributed by atoms with E-state index in [4.69, 9.17) is 9.47 Å². The van der Waals surface area contributed by atoms with Gasteiger partial charge in [-0.05, 0) is 83.5 Å². The van der Waals surface area contributed by atoms with Gasteiger partial charge in [0.25, 0.3) is 0 Å². The zero-order chi connectivity index (χ0) is 33.6. The molecule has 0 amide bonds. The number of ether oxygens (including phenoxy) is 2. The maximum absolute atomic E-state index is 12.1. The van der Waals surface area contributed by atoms with Gasteiger partial charge in [0, 0.05) is 12.8 Å². The molecule has 1 atom stereocenters. The summed E-state index contributed by atoms with van der Waals surface area (Å²) < 4.78 is 10.6. The number of aliphatic hydroxyl groups is 1. The van der Waals surface area contributed by atoms with Crippen LogP contribution in [-0.2, 0) is 19.1 Å². The number of rotatable bonds is 33. The fraction of sp³-hybridized carbons (Fsp3) is 0.707. The van der Waals surface area contributed by atoms with Crippen LogP contribution in [-0.4, -0.2) is 36.4 Å². The zero-order valence-corrected chi connectivity index (χ0v) is 29.8. The van der Waals surface area contributed by atoms with E-state index in [1.165, 1.54) is 64.2 Å². The predicted octanol–water partition coefficient (Wildman–Crippen LogP) is 11.6. The summed E-state index contributed by atoms with van der Waals surface area (Å²) in [5.41, 5.74) is 0. The minimum atomic E-state index is -0.790. The molecule has 0 saturated carbocycles. The van der Waals surface area contributed by atoms with Gasteiger partial charge in [-0.3, -0.25) is 9.59 Å². The number of hydrogen-bond donors (Lipinski definition) is 1. The molecule has 1 N–H and O–H groups in total. The summed E-state index contributed by atoms with van der Waals surface area (Å²) in [6.07, 6.45) is 47.0. The Morgan fingerprint density at radius 1 is 0.500 bits per heavy atom. The van der Waals surface area contributed by atoms with Crippen LogP contribution in [0, 0.1) is 0 Å². The third-order valence-corrected chi connectivity index (χ3v) is 7.78. The first-order chi connectivity index (χ1) is 22.6. The Kier molecular flexibility index (Phi) is 35.1. The molecule has 0 rings (SSSR count). The first-order valence-electron chi connectivity index (χ1n) is 18.8. The van der Waals surface area contributed by atoms with Crippen molar-refractivity contribution >= 4 is 11.9 Å². The molecule has 264 valence electrons. The molecule has 0 aromatic heterocycles. The predicted molar refractivity (Wildman–Crippen MR) is 196 cm³/mol. The molecular formula is C41H70O5. The van der Waals surface area contributed by atoms with E-state index in [0.717, 1.165) is 77.0 Å². The molecule has 0 aliphatic carbocycles. The lowest BCUT2D eigenvalue weighted by atomic mass is 10.1. The summed E-state index contributed by atoms with van der Waals surface area (Å²) in [6.45, 7) is 4.04. The van der Waals surface area contributed by atoms with Crippen molar-refractivity contribution in [1.82, 2.24) is 0 Å². The van der Waals surface area contributed by atoms with Gasteiger partial charge in [-0.15, -0.1) is 0 Å². The molecule has 0 radical (unpaired) electrons. The van der Waals surface area contributed by atoms with Crippen LogP contribution in [0.3, 0.4) is 0 Å². The highest BCUT2D eigenvalue weighted by atomic mass is 16.6. The highest BCUT2D eigenvalue weighted by Crippen LogP contribution is 2.11. The van der Waals surface area contributed by atoms with Gasteiger partial charge in [-0.1, -0.05) is 132 Å². The van der Waals surface area contributed by atoms with Crippen molar-refractivity contribution in [2.75, 3.05) is 13.2 Å². The monoisotopic (exact) mass is 643 g/mol. The largest absolute Gasteiger partial charge is 0.462 e. The van der Waals surface area contributed by atoms with E-state index in [2.05, 4.69) is 74.6 Å². The fourth-order valence-corrected chi connectivity index (χ4v) is 4.88. The molecule has 5 heteroatoms. The van der Waals surface area contributed by atoms with Crippen LogP contribution >= 0.6 is 0 Å². The second-order valence-corrected chi connectivity index (χ2v) is 12.3. The van der Waals surface area contributed by atoms with Gasteiger partial charge in [-0.25, -0.2) is 0 Å². The highest BCUT2D eigenvalue weighted by Gasteiger charge is 2.16. The van der Waals surface area contributed by atoms with Crippen molar-refractivity contribution in [2.24, 2.45) is 0 Å². The standard InChI is InChI=1S/C41H70O5/c1-3-5-7-9-11-13-15-17-19-20-22-24-26-28-30-32-34-36-41(44)46-39(37-42)38-45-40(43)35-33-31-29-27-25-23-21-18-16-14-12-10-8-6-4-2/h11-14,17-19,21-22,24,39,42H,3-10,15-16,20,23,25-38H2,1-2H3/t39-/m0/s1. The van der Waals surface area contributed by atoms with Crippen LogP contribution in [0.2, 0.25) is 0 Å². The molecule has 0 bridgehead atoms. The lowest BCUT2D eigenvalue weighted by molar-refractivity contribution is -0.161. The van der Waals surface area contributed by atoms with Crippen molar-refractivity contribution in [2.45, 2.75) is 174 Å². The second-order valence-electron chi connectivity index (χ2n) is 12.3. The van der Waals surface area contributed by atoms with Crippen LogP contribution in [0.15, 0.2) is 60.8 Å². The molecular weight excluding hydrogens is 572 g/mol. The van der Waals surface area contributed by atoms with Crippen molar-refractivity contribution in [1.29, 1.82) is 0 Å². The quantitative estimate of drug-likeness (QED) is 0.0438. The summed E-state index contributed by atoms with van der Waals surface area (Å²) in [6, 6.07) is 0. The van der Waals surface area contributed by atoms with E-state index >= 15 is 0 Å². The Morgan fingerprint density at radius 3 is 1.30 bits per heavy atom. The maximum atomic E-state index is 12.1. The molecule has 0 aliphatic heterocycles. The van der Waals surface area contributed by atoms with Crippen LogP contribution < -0.4 is 0 Å². The molecule has 0 saturated heterocycles. The van der Waals surface area contributed by atoms with Crippen molar-refractivity contribution < 1.29 is 24.2 Å². The van der Waals surface area contributed by atoms with Gasteiger partial charge in [-0.2, -0.15) is 0 Å². The van der Waals surface area contributed by atoms with Crippen LogP contribution in [0.5, 0.6) is 0 Å². The first-order valence-corrected chi connectivity index (χ1v) is 18.8. The van der Waals surface area contributed by atoms with Crippen LogP contribution in [0.25, 0.3) is 0 Å². The zero-order valence-electron chi connectivity index (χ0n) is 29.8. The van der Waals surface area contributed by atoms with Gasteiger partial charge >= 0.3 is 11.9 Å². The van der Waals surface area contributed by atoms with Crippen LogP contribution in [0.1, 0.15) is 168 Å². The Bertz CT molecular complexity index is 823. The second kappa shape index (κ2) is 37.1. The van der Waals surface area contributed by atoms with E-state index in [0.29, 0.717) is 12.8 Å². The Labute approximate surface area is 283 Å². The average Bonchev–Trinajstić information content (AvgIpc) is 3.06. The molecule has 0 aliphatic rings. The molecule has 0 fully saturated rings. The molecule has 0 aromatic carbocycles. The lowest BCUT2D eigenvalue weighted by Crippen LogP contribution is -2.28. The van der Waals surface area contributed by atoms with Crippen molar-refractivity contribution in [3.05, 3.63) is 60.8 Å². The summed E-state index contributed by atoms with van der Waals surface area (Å²) in [7, 11) is 0. The smallest absolute Gasteiger partial charge is 0.306 e. The number of carbonyl (C=O) groups excluding carboxylic acids is 2. The maximum Gasteiger partial charge on any atom is 0.306 e. The Balaban J connectivity index is 3.66. The summed E-state index contributed by atoms with van der Waals surface area (Å²) in [4.78, 5) is 24.2. The van der Waals surface area contributed by atoms with Crippen LogP contribution in [0.4, 0.5) is 0 Å². The Hall–Kier alpha value is -2.40. The average molecular weight is 643 g/mol. The van der Waals surface area contributed by atoms with E-state index in [9.17, 15) is 14.7 Å². The molecule has 5 nitrogen and oxygen atoms in total. The number of esters is 2. The fourth-order valence-electron chi connectivity index (χ4n) is 4.88. The van der Waals surface area contributed by atoms with Gasteiger partial charge in [0.05, 0.1) is 6.61 Å². The van der Waals surface area contributed by atoms with Crippen molar-refractivity contribution in [3.63, 3.8) is 0 Å². The number of carbonyl (C=O) groups is 2. The van der Waals surface area contributed by atoms with Gasteiger partial charge in [0.2, 0.25) is 0 Å². The third kappa shape index (κ3) is 34.5. The topological polar surface area (TPSA) is 72.8 Å². The highest BCUT2D eigenvalue weighted by molar-refractivity contribution is 5.70. The SMILES string of the molecule is CCCCCC=CCC=CCC=CCCCCCCC(=O)O[C@@H](CO)COC(=O)CCCCCCCC=CCC=CCCCCC. The first kappa shape index (κ1) is 43.6. The summed E-state index contributed by atoms with van der Waals surface area (Å²) >= 11 is 0. The summed E-state index contributed by atoms with van der Waals surface area (Å²) in [5, 5.41) is 9.53. The van der Waals surface area contributed by atoms with E-state index < -0.39 is 6.10 Å². The number of unbranched alkanes of at least 4 members (excludes halogenated alkanes) is 15. The third-order valence-electron chi connectivity index (χ3n) is 7.78. The van der Waals surface area contributed by atoms with Gasteiger partial charge < -0.3 is 14.6 Å². The molecule has 46 heavy (non-hydrogen) atoms. The van der Waals surface area contributed by atoms with Crippen molar-refractivity contribution in [3.8, 4) is 0 Å². The van der Waals surface area contributed by atoms with Gasteiger partial charge in [0.15, 0.2) is 6.10 Å². The molecule has 0 unspecified atom stereocenters. The number of aliphatic hydroxyl groups excluding tert-OH is 1. The summed E-state index contributed by atoms with van der Waals surface area (Å²) in [5.74, 6) is -0.637. The minimum absolute atomic E-state index is 0.0847. The van der Waals surface area contributed by atoms with E-state index in [1.807, 2.05) is 0 Å². The normalized spacial score (nSPS) is 12.8. The van der Waals surface area contributed by atoms with E-state index in [1.54, 1.807) is 0 Å². The number of allylic oxidation sites excluding steroid dienone is 10. The van der Waals surface area contributed by atoms with Gasteiger partial charge in [0.1, 0.15) is 6.61 Å². The minimum Gasteiger partial charge on any atom is -0.462 e. The lowest BCUT2D eigenvalue weighted by Gasteiger charge is -2.15. The molecule has 0 aromatic rings.